The van der Waals surface area contributed by atoms with Crippen LogP contribution in [-0.2, 0) is 4.74 Å². The topological polar surface area (TPSA) is 67.4 Å². The van der Waals surface area contributed by atoms with E-state index in [1.807, 2.05) is 6.92 Å². The van der Waals surface area contributed by atoms with Crippen LogP contribution in [0.15, 0.2) is 6.07 Å². The largest absolute Gasteiger partial charge is 0.462 e. The zero-order valence-electron chi connectivity index (χ0n) is 11.8. The second-order valence-electron chi connectivity index (χ2n) is 4.90. The van der Waals surface area contributed by atoms with Crippen LogP contribution in [0.3, 0.4) is 0 Å². The first-order valence-corrected chi connectivity index (χ1v) is 7.77. The van der Waals surface area contributed by atoms with Crippen LogP contribution in [0.2, 0.25) is 0 Å². The predicted molar refractivity (Wildman–Crippen MR) is 79.4 cm³/mol. The molecule has 110 valence electrons. The van der Waals surface area contributed by atoms with Crippen LogP contribution in [-0.4, -0.2) is 24.6 Å². The lowest BCUT2D eigenvalue weighted by Gasteiger charge is -2.12. The number of urea groups is 1. The summed E-state index contributed by atoms with van der Waals surface area (Å²) in [5.74, 6) is -0.395. The molecule has 0 unspecified atom stereocenters. The van der Waals surface area contributed by atoms with Crippen molar-refractivity contribution in [3.05, 3.63) is 16.5 Å². The fourth-order valence-corrected chi connectivity index (χ4v) is 3.26. The zero-order valence-corrected chi connectivity index (χ0v) is 12.6. The fourth-order valence-electron chi connectivity index (χ4n) is 2.36. The molecule has 0 saturated heterocycles. The number of rotatable bonds is 4. The van der Waals surface area contributed by atoms with Gasteiger partial charge < -0.3 is 10.1 Å². The van der Waals surface area contributed by atoms with Gasteiger partial charge in [0, 0.05) is 10.9 Å². The highest BCUT2D eigenvalue weighted by Crippen LogP contribution is 2.28. The van der Waals surface area contributed by atoms with Gasteiger partial charge in [-0.05, 0) is 32.8 Å². The molecule has 0 spiro atoms. The van der Waals surface area contributed by atoms with Crippen LogP contribution in [0.25, 0.3) is 0 Å². The van der Waals surface area contributed by atoms with Gasteiger partial charge in [-0.2, -0.15) is 0 Å². The number of hydrogen-bond donors (Lipinski definition) is 2. The highest BCUT2D eigenvalue weighted by atomic mass is 32.1. The molecule has 2 N–H and O–H groups in total. The summed E-state index contributed by atoms with van der Waals surface area (Å²) in [6.45, 7) is 3.98. The van der Waals surface area contributed by atoms with Crippen molar-refractivity contribution in [3.63, 3.8) is 0 Å². The van der Waals surface area contributed by atoms with E-state index in [2.05, 4.69) is 10.6 Å². The summed E-state index contributed by atoms with van der Waals surface area (Å²) >= 11 is 1.38. The summed E-state index contributed by atoms with van der Waals surface area (Å²) in [6, 6.07) is 1.75. The molecule has 0 atom stereocenters. The number of ether oxygens (including phenoxy) is 1. The Labute approximate surface area is 122 Å². The number of hydrogen-bond acceptors (Lipinski definition) is 4. The standard InChI is InChI=1S/C14H20N2O3S/c1-3-19-13(17)11-8-9(2)20-12(11)16-14(18)15-10-6-4-5-7-10/h8,10H,3-7H2,1-2H3,(H2,15,16,18). The van der Waals surface area contributed by atoms with E-state index in [9.17, 15) is 9.59 Å². The van der Waals surface area contributed by atoms with Gasteiger partial charge in [0.2, 0.25) is 0 Å². The molecule has 20 heavy (non-hydrogen) atoms. The Bertz CT molecular complexity index is 493. The molecule has 6 heteroatoms. The van der Waals surface area contributed by atoms with Gasteiger partial charge in [0.15, 0.2) is 0 Å². The molecule has 1 fully saturated rings. The summed E-state index contributed by atoms with van der Waals surface area (Å²) in [5, 5.41) is 6.26. The van der Waals surface area contributed by atoms with E-state index in [4.69, 9.17) is 4.74 Å². The predicted octanol–water partition coefficient (Wildman–Crippen LogP) is 3.30. The first kappa shape index (κ1) is 14.8. The lowest BCUT2D eigenvalue weighted by Crippen LogP contribution is -2.36. The average molecular weight is 296 g/mol. The Morgan fingerprint density at radius 2 is 2.10 bits per heavy atom. The summed E-state index contributed by atoms with van der Waals surface area (Å²) in [4.78, 5) is 24.7. The number of nitrogens with one attached hydrogen (secondary N) is 2. The highest BCUT2D eigenvalue weighted by molar-refractivity contribution is 7.16. The van der Waals surface area contributed by atoms with Crippen molar-refractivity contribution < 1.29 is 14.3 Å². The second-order valence-corrected chi connectivity index (χ2v) is 6.16. The van der Waals surface area contributed by atoms with Gasteiger partial charge >= 0.3 is 12.0 Å². The molecule has 0 bridgehead atoms. The number of aryl methyl sites for hydroxylation is 1. The van der Waals surface area contributed by atoms with Crippen LogP contribution in [0, 0.1) is 6.92 Å². The molecule has 2 rings (SSSR count). The van der Waals surface area contributed by atoms with E-state index in [1.54, 1.807) is 13.0 Å². The first-order valence-electron chi connectivity index (χ1n) is 6.95. The third-order valence-corrected chi connectivity index (χ3v) is 4.23. The molecule has 1 aliphatic carbocycles. The van der Waals surface area contributed by atoms with Crippen molar-refractivity contribution >= 4 is 28.3 Å². The molecular formula is C14H20N2O3S. The minimum Gasteiger partial charge on any atom is -0.462 e. The Morgan fingerprint density at radius 1 is 1.40 bits per heavy atom. The van der Waals surface area contributed by atoms with Crippen LogP contribution < -0.4 is 10.6 Å². The summed E-state index contributed by atoms with van der Waals surface area (Å²) < 4.78 is 4.99. The maximum absolute atomic E-state index is 11.9. The normalized spacial score (nSPS) is 15.1. The van der Waals surface area contributed by atoms with Gasteiger partial charge in [0.1, 0.15) is 5.00 Å². The second kappa shape index (κ2) is 6.74. The summed E-state index contributed by atoms with van der Waals surface area (Å²) in [6.07, 6.45) is 4.39. The van der Waals surface area contributed by atoms with Gasteiger partial charge in [-0.25, -0.2) is 9.59 Å². The molecule has 0 aliphatic heterocycles. The average Bonchev–Trinajstić information content (AvgIpc) is 2.99. The van der Waals surface area contributed by atoms with E-state index in [0.29, 0.717) is 17.2 Å². The molecule has 2 amide bonds. The SMILES string of the molecule is CCOC(=O)c1cc(C)sc1NC(=O)NC1CCCC1. The van der Waals surface area contributed by atoms with Crippen molar-refractivity contribution in [2.45, 2.75) is 45.6 Å². The van der Waals surface area contributed by atoms with Crippen molar-refractivity contribution in [2.24, 2.45) is 0 Å². The van der Waals surface area contributed by atoms with Crippen LogP contribution in [0.4, 0.5) is 9.80 Å². The summed E-state index contributed by atoms with van der Waals surface area (Å²) in [7, 11) is 0. The zero-order chi connectivity index (χ0) is 14.5. The van der Waals surface area contributed by atoms with Gasteiger partial charge in [-0.3, -0.25) is 5.32 Å². The molecule has 1 aromatic heterocycles. The Balaban J connectivity index is 2.00. The number of carbonyl (C=O) groups excluding carboxylic acids is 2. The molecule has 1 heterocycles. The van der Waals surface area contributed by atoms with Crippen molar-refractivity contribution in [1.29, 1.82) is 0 Å². The Morgan fingerprint density at radius 3 is 2.75 bits per heavy atom. The van der Waals surface area contributed by atoms with Crippen LogP contribution in [0.1, 0.15) is 47.8 Å². The minimum atomic E-state index is -0.395. The summed E-state index contributed by atoms with van der Waals surface area (Å²) in [5.41, 5.74) is 0.427. The van der Waals surface area contributed by atoms with Crippen molar-refractivity contribution in [3.8, 4) is 0 Å². The fraction of sp³-hybridized carbons (Fsp3) is 0.571. The molecular weight excluding hydrogens is 276 g/mol. The van der Waals surface area contributed by atoms with E-state index in [-0.39, 0.29) is 12.1 Å². The third-order valence-electron chi connectivity index (χ3n) is 3.27. The Hall–Kier alpha value is -1.56. The van der Waals surface area contributed by atoms with Gasteiger partial charge in [0.25, 0.3) is 0 Å². The molecule has 5 nitrogen and oxygen atoms in total. The maximum atomic E-state index is 11.9. The Kier molecular flexibility index (Phi) is 5.00. The molecule has 1 saturated carbocycles. The van der Waals surface area contributed by atoms with Gasteiger partial charge in [0.05, 0.1) is 12.2 Å². The van der Waals surface area contributed by atoms with Gasteiger partial charge in [-0.15, -0.1) is 11.3 Å². The monoisotopic (exact) mass is 296 g/mol. The third kappa shape index (κ3) is 3.72. The number of esters is 1. The van der Waals surface area contributed by atoms with Crippen molar-refractivity contribution in [2.75, 3.05) is 11.9 Å². The van der Waals surface area contributed by atoms with Crippen LogP contribution in [0.5, 0.6) is 0 Å². The number of thiophene rings is 1. The van der Waals surface area contributed by atoms with E-state index in [0.717, 1.165) is 30.6 Å². The smallest absolute Gasteiger partial charge is 0.341 e. The van der Waals surface area contributed by atoms with E-state index >= 15 is 0 Å². The molecule has 0 aromatic carbocycles. The van der Waals surface area contributed by atoms with E-state index in [1.165, 1.54) is 11.3 Å². The lowest BCUT2D eigenvalue weighted by atomic mass is 10.2. The molecule has 0 radical (unpaired) electrons. The quantitative estimate of drug-likeness (QED) is 0.838. The lowest BCUT2D eigenvalue weighted by molar-refractivity contribution is 0.0528. The number of anilines is 1. The first-order chi connectivity index (χ1) is 9.60. The van der Waals surface area contributed by atoms with E-state index < -0.39 is 5.97 Å². The molecule has 1 aliphatic rings. The van der Waals surface area contributed by atoms with Crippen LogP contribution >= 0.6 is 11.3 Å². The van der Waals surface area contributed by atoms with Gasteiger partial charge in [-0.1, -0.05) is 12.8 Å². The highest BCUT2D eigenvalue weighted by Gasteiger charge is 2.20. The van der Waals surface area contributed by atoms with Crippen molar-refractivity contribution in [1.82, 2.24) is 5.32 Å². The minimum absolute atomic E-state index is 0.246. The molecule has 1 aromatic rings. The maximum Gasteiger partial charge on any atom is 0.341 e. The number of amides is 2. The number of carbonyl (C=O) groups is 2.